The Morgan fingerprint density at radius 3 is 2.02 bits per heavy atom. The maximum absolute atomic E-state index is 4.17. The van der Waals surface area contributed by atoms with Crippen molar-refractivity contribution in [3.05, 3.63) is 157 Å². The first kappa shape index (κ1) is 31.1. The van der Waals surface area contributed by atoms with Gasteiger partial charge in [-0.05, 0) is 44.2 Å². The Hall–Kier alpha value is -3.86. The Kier molecular flexibility index (Phi) is 11.4. The molecule has 0 aliphatic rings. The van der Waals surface area contributed by atoms with Crippen molar-refractivity contribution in [1.29, 1.82) is 0 Å². The van der Waals surface area contributed by atoms with E-state index in [-0.39, 0.29) is 20.1 Å². The summed E-state index contributed by atoms with van der Waals surface area (Å²) < 4.78 is 0. The van der Waals surface area contributed by atoms with Crippen LogP contribution in [0.1, 0.15) is 11.1 Å². The van der Waals surface area contributed by atoms with E-state index in [9.17, 15) is 0 Å². The Bertz CT molecular complexity index is 1610. The number of aryl methyl sites for hydroxylation is 2. The minimum absolute atomic E-state index is 0. The fourth-order valence-electron chi connectivity index (χ4n) is 4.82. The summed E-state index contributed by atoms with van der Waals surface area (Å²) in [5.41, 5.74) is 10.7. The number of rotatable bonds is 7. The van der Waals surface area contributed by atoms with Crippen LogP contribution in [0.2, 0.25) is 0 Å². The second kappa shape index (κ2) is 15.4. The molecule has 0 aliphatic carbocycles. The van der Waals surface area contributed by atoms with Gasteiger partial charge in [-0.1, -0.05) is 77.4 Å². The van der Waals surface area contributed by atoms with Gasteiger partial charge in [-0.3, -0.25) is 4.98 Å². The number of aromatic nitrogens is 1. The van der Waals surface area contributed by atoms with Crippen LogP contribution >= 0.6 is 11.3 Å². The quantitative estimate of drug-likeness (QED) is 0.165. The van der Waals surface area contributed by atoms with Crippen molar-refractivity contribution in [1.82, 2.24) is 10.3 Å². The minimum Gasteiger partial charge on any atom is -0.501 e. The van der Waals surface area contributed by atoms with Crippen molar-refractivity contribution in [2.24, 2.45) is 0 Å². The summed E-state index contributed by atoms with van der Waals surface area (Å²) in [5.74, 6) is 0. The Morgan fingerprint density at radius 1 is 0.762 bits per heavy atom. The fourth-order valence-corrected chi connectivity index (χ4v) is 5.45. The summed E-state index contributed by atoms with van der Waals surface area (Å²) in [4.78, 5) is 6.27. The molecule has 1 N–H and O–H groups in total. The molecule has 5 aromatic carbocycles. The number of nitrogens with one attached hydrogen (secondary N) is 1. The molecule has 0 atom stereocenters. The van der Waals surface area contributed by atoms with Gasteiger partial charge in [0.15, 0.2) is 0 Å². The molecule has 0 fully saturated rings. The second-order valence-corrected chi connectivity index (χ2v) is 10.4. The molecule has 1 heterocycles. The van der Waals surface area contributed by atoms with Gasteiger partial charge in [0.05, 0.1) is 0 Å². The zero-order valence-corrected chi connectivity index (χ0v) is 27.0. The Morgan fingerprint density at radius 2 is 1.45 bits per heavy atom. The summed E-state index contributed by atoms with van der Waals surface area (Å²) >= 11 is 1.63. The SMILES string of the molecule is CN[CH-]N(c1[c-]cc(-c2c(C)cc(-c3ccccc3)cc2C)cc1)c1ccccc1.[Ir+3].[c-]1ccccc1-c1nccs1. The van der Waals surface area contributed by atoms with E-state index >= 15 is 0 Å². The number of anilines is 2. The molecule has 5 heteroatoms. The van der Waals surface area contributed by atoms with Gasteiger partial charge in [-0.25, -0.2) is 0 Å². The van der Waals surface area contributed by atoms with Crippen LogP contribution in [0.5, 0.6) is 0 Å². The van der Waals surface area contributed by atoms with Crippen molar-refractivity contribution >= 4 is 22.7 Å². The van der Waals surface area contributed by atoms with Crippen LogP contribution in [0.4, 0.5) is 11.4 Å². The van der Waals surface area contributed by atoms with E-state index in [1.165, 1.54) is 33.4 Å². The third kappa shape index (κ3) is 7.70. The van der Waals surface area contributed by atoms with E-state index in [4.69, 9.17) is 0 Å². The largest absolute Gasteiger partial charge is 3.00 e. The van der Waals surface area contributed by atoms with E-state index in [0.29, 0.717) is 0 Å². The van der Waals surface area contributed by atoms with Crippen molar-refractivity contribution in [2.75, 3.05) is 11.9 Å². The van der Waals surface area contributed by atoms with Crippen molar-refractivity contribution < 1.29 is 20.1 Å². The Labute approximate surface area is 267 Å². The number of hydrogen-bond donors (Lipinski definition) is 1. The minimum atomic E-state index is 0. The van der Waals surface area contributed by atoms with Gasteiger partial charge in [-0.2, -0.15) is 36.2 Å². The molecule has 42 heavy (non-hydrogen) atoms. The molecule has 0 spiro atoms. The maximum atomic E-state index is 4.17. The van der Waals surface area contributed by atoms with Crippen molar-refractivity contribution in [3.63, 3.8) is 0 Å². The van der Waals surface area contributed by atoms with Gasteiger partial charge < -0.3 is 10.2 Å². The molecule has 3 nitrogen and oxygen atoms in total. The van der Waals surface area contributed by atoms with Gasteiger partial charge in [0.25, 0.3) is 0 Å². The standard InChI is InChI=1S/C28H26N2.C9H6NS.Ir/c1-21-18-25(23-10-6-4-7-11-23)19-22(2)28(21)24-14-16-27(17-15-24)30(20-29-3)26-12-8-5-9-13-26;1-2-4-8(5-3-1)9-10-6-7-11-9;/h4-16,18-20,29H,1-3H3;1-4,6-7H;/q-2;-1;+3. The van der Waals surface area contributed by atoms with Crippen LogP contribution in [0.15, 0.2) is 127 Å². The second-order valence-electron chi connectivity index (χ2n) is 9.55. The number of nitrogens with zero attached hydrogens (tertiary/aromatic N) is 2. The maximum Gasteiger partial charge on any atom is 3.00 e. The molecule has 0 bridgehead atoms. The molecule has 1 aromatic heterocycles. The third-order valence-corrected chi connectivity index (χ3v) is 7.46. The van der Waals surface area contributed by atoms with Gasteiger partial charge >= 0.3 is 20.1 Å². The fraction of sp³-hybridized carbons (Fsp3) is 0.0811. The number of thiazole rings is 1. The smallest absolute Gasteiger partial charge is 0.501 e. The van der Waals surface area contributed by atoms with E-state index in [1.54, 1.807) is 17.5 Å². The average molecular weight is 743 g/mol. The topological polar surface area (TPSA) is 28.2 Å². The molecular formula is C37H32IrN3S. The number of benzene rings is 5. The summed E-state index contributed by atoms with van der Waals surface area (Å²) in [6, 6.07) is 46.2. The molecule has 6 aromatic rings. The predicted octanol–water partition coefficient (Wildman–Crippen LogP) is 9.52. The van der Waals surface area contributed by atoms with Crippen LogP contribution < -0.4 is 10.2 Å². The first-order chi connectivity index (χ1) is 20.1. The van der Waals surface area contributed by atoms with Crippen molar-refractivity contribution in [2.45, 2.75) is 13.8 Å². The molecule has 0 saturated heterocycles. The summed E-state index contributed by atoms with van der Waals surface area (Å²) in [5, 5.41) is 6.13. The predicted molar refractivity (Wildman–Crippen MR) is 174 cm³/mol. The molecular weight excluding hydrogens is 711 g/mol. The van der Waals surface area contributed by atoms with E-state index in [2.05, 4.69) is 114 Å². The van der Waals surface area contributed by atoms with Crippen LogP contribution in [-0.4, -0.2) is 12.0 Å². The van der Waals surface area contributed by atoms with E-state index in [0.717, 1.165) is 21.9 Å². The molecule has 0 radical (unpaired) electrons. The summed E-state index contributed by atoms with van der Waals surface area (Å²) in [7, 11) is 1.91. The molecule has 6 rings (SSSR count). The third-order valence-electron chi connectivity index (χ3n) is 6.65. The van der Waals surface area contributed by atoms with Crippen LogP contribution in [-0.2, 0) is 20.1 Å². The molecule has 0 aliphatic heterocycles. The number of para-hydroxylation sites is 1. The van der Waals surface area contributed by atoms with Gasteiger partial charge in [-0.15, -0.1) is 53.2 Å². The van der Waals surface area contributed by atoms with Gasteiger partial charge in [0, 0.05) is 22.3 Å². The monoisotopic (exact) mass is 743 g/mol. The van der Waals surface area contributed by atoms with Gasteiger partial charge in [0.2, 0.25) is 0 Å². The number of hydrogen-bond acceptors (Lipinski definition) is 4. The molecule has 210 valence electrons. The van der Waals surface area contributed by atoms with E-state index in [1.807, 2.05) is 61.6 Å². The zero-order valence-electron chi connectivity index (χ0n) is 23.8. The zero-order chi connectivity index (χ0) is 28.4. The summed E-state index contributed by atoms with van der Waals surface area (Å²) in [6.07, 6.45) is 1.81. The Balaban J connectivity index is 0.000000282. The first-order valence-corrected chi connectivity index (χ1v) is 14.4. The van der Waals surface area contributed by atoms with Crippen LogP contribution in [0, 0.1) is 32.6 Å². The molecule has 0 unspecified atom stereocenters. The summed E-state index contributed by atoms with van der Waals surface area (Å²) in [6.45, 7) is 6.33. The van der Waals surface area contributed by atoms with Gasteiger partial charge in [0.1, 0.15) is 0 Å². The molecule has 0 amide bonds. The van der Waals surface area contributed by atoms with Crippen molar-refractivity contribution in [3.8, 4) is 32.8 Å². The van der Waals surface area contributed by atoms with Crippen LogP contribution in [0.25, 0.3) is 32.8 Å². The molecule has 0 saturated carbocycles. The van der Waals surface area contributed by atoms with Crippen LogP contribution in [0.3, 0.4) is 0 Å². The average Bonchev–Trinajstić information content (AvgIpc) is 3.57. The normalized spacial score (nSPS) is 10.3. The van der Waals surface area contributed by atoms with E-state index < -0.39 is 0 Å². The first-order valence-electron chi connectivity index (χ1n) is 13.5.